The Balaban J connectivity index is 2.42. The molecule has 0 aromatic heterocycles. The van der Waals surface area contributed by atoms with Crippen molar-refractivity contribution in [3.8, 4) is 11.1 Å². The molecule has 0 atom stereocenters. The second-order valence-corrected chi connectivity index (χ2v) is 2.63. The summed E-state index contributed by atoms with van der Waals surface area (Å²) in [6.07, 6.45) is 0. The van der Waals surface area contributed by atoms with Crippen LogP contribution in [0.2, 0.25) is 0 Å². The van der Waals surface area contributed by atoms with Crippen LogP contribution in [-0.2, 0) is 0 Å². The Kier molecular flexibility index (Phi) is 0.699. The molecular formula is C8H9N. The quantitative estimate of drug-likeness (QED) is 0.552. The van der Waals surface area contributed by atoms with Gasteiger partial charge in [0, 0.05) is 25.3 Å². The van der Waals surface area contributed by atoms with Crippen molar-refractivity contribution >= 4 is 5.69 Å². The second kappa shape index (κ2) is 1.29. The Morgan fingerprint density at radius 1 is 1.22 bits per heavy atom. The summed E-state index contributed by atoms with van der Waals surface area (Å²) in [7, 11) is 4.14. The van der Waals surface area contributed by atoms with E-state index in [0.29, 0.717) is 0 Å². The van der Waals surface area contributed by atoms with E-state index in [1.807, 2.05) is 0 Å². The van der Waals surface area contributed by atoms with Crippen molar-refractivity contribution in [2.24, 2.45) is 0 Å². The van der Waals surface area contributed by atoms with Crippen molar-refractivity contribution in [1.29, 1.82) is 0 Å². The fourth-order valence-electron chi connectivity index (χ4n) is 1.13. The standard InChI is InChI=1S/C8H9N/c1-9(2)8-4-3-6-5-7(6)8/h3-5H,1-2H3. The lowest BCUT2D eigenvalue weighted by molar-refractivity contribution is 1.14. The van der Waals surface area contributed by atoms with Crippen LogP contribution < -0.4 is 4.90 Å². The molecule has 0 spiro atoms. The summed E-state index contributed by atoms with van der Waals surface area (Å²) in [4.78, 5) is 2.14. The minimum atomic E-state index is 1.35. The fourth-order valence-corrected chi connectivity index (χ4v) is 1.13. The van der Waals surface area contributed by atoms with Crippen molar-refractivity contribution in [3.63, 3.8) is 0 Å². The van der Waals surface area contributed by atoms with Gasteiger partial charge in [-0.05, 0) is 17.7 Å². The van der Waals surface area contributed by atoms with Crippen LogP contribution in [0.4, 0.5) is 5.69 Å². The number of fused-ring (bicyclic) bond motifs is 1. The molecule has 0 amide bonds. The summed E-state index contributed by atoms with van der Waals surface area (Å²) in [6.45, 7) is 0. The summed E-state index contributed by atoms with van der Waals surface area (Å²) in [5.41, 5.74) is 4.20. The number of anilines is 1. The van der Waals surface area contributed by atoms with Gasteiger partial charge in [0.15, 0.2) is 0 Å². The third-order valence-corrected chi connectivity index (χ3v) is 1.71. The Labute approximate surface area is 54.9 Å². The topological polar surface area (TPSA) is 3.24 Å². The molecular weight excluding hydrogens is 110 g/mol. The molecule has 1 nitrogen and oxygen atoms in total. The van der Waals surface area contributed by atoms with Crippen molar-refractivity contribution in [2.75, 3.05) is 19.0 Å². The maximum absolute atomic E-state index is 2.20. The lowest BCUT2D eigenvalue weighted by Crippen LogP contribution is -2.06. The highest BCUT2D eigenvalue weighted by atomic mass is 15.1. The maximum atomic E-state index is 2.20. The molecule has 0 fully saturated rings. The Hall–Kier alpha value is -0.980. The number of nitrogens with zero attached hydrogens (tertiary/aromatic N) is 1. The van der Waals surface area contributed by atoms with Crippen LogP contribution in [-0.4, -0.2) is 14.1 Å². The Morgan fingerprint density at radius 3 is 2.22 bits per heavy atom. The predicted octanol–water partition coefficient (Wildman–Crippen LogP) is 1.73. The molecule has 1 heteroatoms. The maximum Gasteiger partial charge on any atom is 0.0441 e. The van der Waals surface area contributed by atoms with Gasteiger partial charge < -0.3 is 4.90 Å². The van der Waals surface area contributed by atoms with Gasteiger partial charge >= 0.3 is 0 Å². The molecule has 0 unspecified atom stereocenters. The summed E-state index contributed by atoms with van der Waals surface area (Å²) in [5.74, 6) is 0. The van der Waals surface area contributed by atoms with E-state index in [2.05, 4.69) is 37.2 Å². The lowest BCUT2D eigenvalue weighted by Gasteiger charge is -2.08. The van der Waals surface area contributed by atoms with Gasteiger partial charge in [0.2, 0.25) is 0 Å². The van der Waals surface area contributed by atoms with Crippen LogP contribution in [0, 0.1) is 0 Å². The molecule has 2 rings (SSSR count). The van der Waals surface area contributed by atoms with Crippen LogP contribution in [0.15, 0.2) is 18.2 Å². The van der Waals surface area contributed by atoms with E-state index in [0.717, 1.165) is 0 Å². The molecule has 0 aromatic carbocycles. The molecule has 0 saturated carbocycles. The van der Waals surface area contributed by atoms with Crippen molar-refractivity contribution in [2.45, 2.75) is 0 Å². The first-order valence-corrected chi connectivity index (χ1v) is 3.11. The van der Waals surface area contributed by atoms with Crippen molar-refractivity contribution < 1.29 is 0 Å². The third-order valence-electron chi connectivity index (χ3n) is 1.71. The van der Waals surface area contributed by atoms with E-state index in [1.165, 1.54) is 16.8 Å². The highest BCUT2D eigenvalue weighted by Crippen LogP contribution is 2.42. The average Bonchev–Trinajstić information content (AvgIpc) is 2.43. The summed E-state index contributed by atoms with van der Waals surface area (Å²) >= 11 is 0. The monoisotopic (exact) mass is 119 g/mol. The molecule has 0 heterocycles. The summed E-state index contributed by atoms with van der Waals surface area (Å²) < 4.78 is 0. The minimum absolute atomic E-state index is 1.35. The zero-order valence-electron chi connectivity index (χ0n) is 5.68. The Bertz CT molecular complexity index is 251. The first-order chi connectivity index (χ1) is 4.29. The lowest BCUT2D eigenvalue weighted by atomic mass is 10.4. The van der Waals surface area contributed by atoms with Crippen molar-refractivity contribution in [3.05, 3.63) is 18.2 Å². The van der Waals surface area contributed by atoms with Crippen molar-refractivity contribution in [1.82, 2.24) is 0 Å². The summed E-state index contributed by atoms with van der Waals surface area (Å²) in [6, 6.07) is 6.52. The van der Waals surface area contributed by atoms with Gasteiger partial charge in [0.1, 0.15) is 0 Å². The smallest absolute Gasteiger partial charge is 0.0441 e. The van der Waals surface area contributed by atoms with Crippen LogP contribution in [0.25, 0.3) is 11.1 Å². The zero-order valence-corrected chi connectivity index (χ0v) is 5.68. The Morgan fingerprint density at radius 2 is 2.00 bits per heavy atom. The molecule has 2 aliphatic rings. The molecule has 0 bridgehead atoms. The fraction of sp³-hybridized carbons (Fsp3) is 0.250. The van der Waals surface area contributed by atoms with Gasteiger partial charge in [-0.2, -0.15) is 0 Å². The van der Waals surface area contributed by atoms with Crippen LogP contribution in [0.5, 0.6) is 0 Å². The molecule has 0 radical (unpaired) electrons. The van der Waals surface area contributed by atoms with E-state index >= 15 is 0 Å². The first-order valence-electron chi connectivity index (χ1n) is 3.11. The van der Waals surface area contributed by atoms with Crippen LogP contribution in [0.1, 0.15) is 0 Å². The predicted molar refractivity (Wildman–Crippen MR) is 39.8 cm³/mol. The van der Waals surface area contributed by atoms with Gasteiger partial charge in [-0.25, -0.2) is 0 Å². The van der Waals surface area contributed by atoms with Crippen LogP contribution in [0.3, 0.4) is 0 Å². The molecule has 0 N–H and O–H groups in total. The zero-order chi connectivity index (χ0) is 6.43. The van der Waals surface area contributed by atoms with Gasteiger partial charge in [0.05, 0.1) is 0 Å². The number of rotatable bonds is 1. The first kappa shape index (κ1) is 4.86. The van der Waals surface area contributed by atoms with Gasteiger partial charge in [-0.1, -0.05) is 6.07 Å². The molecule has 46 valence electrons. The molecule has 0 aliphatic heterocycles. The highest BCUT2D eigenvalue weighted by molar-refractivity contribution is 5.93. The minimum Gasteiger partial charge on any atom is -0.377 e. The molecule has 0 aromatic rings. The molecule has 2 aliphatic carbocycles. The van der Waals surface area contributed by atoms with E-state index in [1.54, 1.807) is 0 Å². The molecule has 0 saturated heterocycles. The van der Waals surface area contributed by atoms with E-state index in [9.17, 15) is 0 Å². The highest BCUT2D eigenvalue weighted by Gasteiger charge is 2.17. The van der Waals surface area contributed by atoms with Gasteiger partial charge in [0.25, 0.3) is 0 Å². The normalized spacial score (nSPS) is 11.3. The molecule has 9 heavy (non-hydrogen) atoms. The van der Waals surface area contributed by atoms with E-state index in [4.69, 9.17) is 0 Å². The number of hydrogen-bond acceptors (Lipinski definition) is 1. The summed E-state index contributed by atoms with van der Waals surface area (Å²) in [5, 5.41) is 0. The number of benzene rings is 1. The van der Waals surface area contributed by atoms with E-state index in [-0.39, 0.29) is 0 Å². The second-order valence-electron chi connectivity index (χ2n) is 2.63. The third kappa shape index (κ3) is 0.545. The van der Waals surface area contributed by atoms with E-state index < -0.39 is 0 Å². The largest absolute Gasteiger partial charge is 0.377 e. The average molecular weight is 119 g/mol. The van der Waals surface area contributed by atoms with Gasteiger partial charge in [-0.15, -0.1) is 0 Å². The number of hydrogen-bond donors (Lipinski definition) is 0. The van der Waals surface area contributed by atoms with Gasteiger partial charge in [-0.3, -0.25) is 0 Å². The SMILES string of the molecule is CN(C)c1ccc2cc1-2. The van der Waals surface area contributed by atoms with Crippen LogP contribution >= 0.6 is 0 Å².